The van der Waals surface area contributed by atoms with E-state index in [9.17, 15) is 5.11 Å². The molecule has 0 amide bonds. The Kier molecular flexibility index (Phi) is 5.47. The van der Waals surface area contributed by atoms with Crippen LogP contribution in [-0.4, -0.2) is 26.6 Å². The molecular formula is C22H30O2Si. The molecule has 1 saturated carbocycles. The summed E-state index contributed by atoms with van der Waals surface area (Å²) in [6.07, 6.45) is 2.10. The molecule has 1 N–H and O–H groups in total. The van der Waals surface area contributed by atoms with E-state index in [1.165, 1.54) is 16.8 Å². The predicted octanol–water partition coefficient (Wildman–Crippen LogP) is 3.58. The van der Waals surface area contributed by atoms with Crippen molar-refractivity contribution in [1.82, 2.24) is 0 Å². The van der Waals surface area contributed by atoms with Gasteiger partial charge in [-0.15, -0.1) is 0 Å². The predicted molar refractivity (Wildman–Crippen MR) is 107 cm³/mol. The summed E-state index contributed by atoms with van der Waals surface area (Å²) in [6.45, 7) is 8.05. The highest BCUT2D eigenvalue weighted by atomic mass is 28.4. The third-order valence-electron chi connectivity index (χ3n) is 5.50. The first kappa shape index (κ1) is 18.4. The summed E-state index contributed by atoms with van der Waals surface area (Å²) < 4.78 is 6.92. The van der Waals surface area contributed by atoms with Crippen molar-refractivity contribution >= 4 is 18.7 Å². The maximum Gasteiger partial charge on any atom is 0.261 e. The molecule has 0 unspecified atom stereocenters. The summed E-state index contributed by atoms with van der Waals surface area (Å²) in [7, 11) is -2.39. The Balaban J connectivity index is 1.98. The van der Waals surface area contributed by atoms with E-state index in [-0.39, 0.29) is 5.04 Å². The monoisotopic (exact) mass is 354 g/mol. The largest absolute Gasteiger partial charge is 0.407 e. The zero-order valence-electron chi connectivity index (χ0n) is 15.6. The van der Waals surface area contributed by atoms with E-state index >= 15 is 0 Å². The van der Waals surface area contributed by atoms with Gasteiger partial charge in [0.2, 0.25) is 0 Å². The summed E-state index contributed by atoms with van der Waals surface area (Å²) in [4.78, 5) is 0. The third-order valence-corrected chi connectivity index (χ3v) is 10.5. The van der Waals surface area contributed by atoms with E-state index in [4.69, 9.17) is 4.43 Å². The molecule has 2 nitrogen and oxygen atoms in total. The number of aliphatic hydroxyl groups is 1. The molecule has 0 aliphatic heterocycles. The standard InChI is InChI=1S/C22H30O2Si/c1-22(2,3)25(20-10-6-4-7-11-20,21-12-8-5-9-13-21)24-17-19-16-18(19)14-15-23/h4-13,18-19,23H,14-17H2,1-3H3/t18-,19-/m1/s1. The Morgan fingerprint density at radius 3 is 1.88 bits per heavy atom. The maximum absolute atomic E-state index is 9.18. The minimum atomic E-state index is -2.39. The third kappa shape index (κ3) is 3.74. The maximum atomic E-state index is 9.18. The molecule has 1 aliphatic carbocycles. The van der Waals surface area contributed by atoms with Gasteiger partial charge in [0, 0.05) is 13.2 Å². The number of rotatable bonds is 7. The smallest absolute Gasteiger partial charge is 0.261 e. The highest BCUT2D eigenvalue weighted by molar-refractivity contribution is 6.99. The van der Waals surface area contributed by atoms with Crippen LogP contribution in [0.15, 0.2) is 60.7 Å². The molecule has 2 atom stereocenters. The van der Waals surface area contributed by atoms with Gasteiger partial charge in [0.15, 0.2) is 0 Å². The summed E-state index contributed by atoms with van der Waals surface area (Å²) in [5.41, 5.74) is 0. The fraction of sp³-hybridized carbons (Fsp3) is 0.455. The summed E-state index contributed by atoms with van der Waals surface area (Å²) >= 11 is 0. The summed E-state index contributed by atoms with van der Waals surface area (Å²) in [5.74, 6) is 1.25. The highest BCUT2D eigenvalue weighted by Gasteiger charge is 2.51. The first-order valence-corrected chi connectivity index (χ1v) is 11.3. The number of benzene rings is 2. The van der Waals surface area contributed by atoms with Crippen molar-refractivity contribution in [3.05, 3.63) is 60.7 Å². The lowest BCUT2D eigenvalue weighted by Gasteiger charge is -2.43. The molecule has 1 aliphatic rings. The van der Waals surface area contributed by atoms with E-state index < -0.39 is 8.32 Å². The van der Waals surface area contributed by atoms with Gasteiger partial charge in [0.25, 0.3) is 8.32 Å². The van der Waals surface area contributed by atoms with Crippen molar-refractivity contribution in [2.24, 2.45) is 11.8 Å². The van der Waals surface area contributed by atoms with Crippen molar-refractivity contribution in [1.29, 1.82) is 0 Å². The Labute approximate surface area is 153 Å². The molecule has 2 aromatic carbocycles. The second-order valence-corrected chi connectivity index (χ2v) is 12.5. The first-order valence-electron chi connectivity index (χ1n) is 9.35. The van der Waals surface area contributed by atoms with Gasteiger partial charge >= 0.3 is 0 Å². The molecule has 0 spiro atoms. The van der Waals surface area contributed by atoms with E-state index in [2.05, 4.69) is 81.4 Å². The van der Waals surface area contributed by atoms with Crippen LogP contribution in [0.3, 0.4) is 0 Å². The fourth-order valence-electron chi connectivity index (χ4n) is 4.03. The van der Waals surface area contributed by atoms with Gasteiger partial charge in [-0.2, -0.15) is 0 Å². The van der Waals surface area contributed by atoms with Crippen molar-refractivity contribution in [2.45, 2.75) is 38.7 Å². The minimum absolute atomic E-state index is 0.0388. The van der Waals surface area contributed by atoms with Gasteiger partial charge in [-0.3, -0.25) is 0 Å². The molecule has 2 aromatic rings. The second-order valence-electron chi connectivity index (χ2n) is 8.24. The van der Waals surface area contributed by atoms with Crippen LogP contribution in [0.2, 0.25) is 5.04 Å². The second kappa shape index (κ2) is 7.44. The van der Waals surface area contributed by atoms with E-state index in [0.717, 1.165) is 13.0 Å². The molecule has 25 heavy (non-hydrogen) atoms. The highest BCUT2D eigenvalue weighted by Crippen LogP contribution is 2.43. The molecule has 0 heterocycles. The number of hydrogen-bond acceptors (Lipinski definition) is 2. The van der Waals surface area contributed by atoms with Gasteiger partial charge in [-0.25, -0.2) is 0 Å². The van der Waals surface area contributed by atoms with Gasteiger partial charge in [0.05, 0.1) is 0 Å². The molecule has 3 heteroatoms. The van der Waals surface area contributed by atoms with Gasteiger partial charge in [0.1, 0.15) is 0 Å². The normalized spacial score (nSPS) is 20.5. The Morgan fingerprint density at radius 2 is 1.44 bits per heavy atom. The molecular weight excluding hydrogens is 324 g/mol. The molecule has 134 valence electrons. The zero-order valence-corrected chi connectivity index (χ0v) is 16.6. The van der Waals surface area contributed by atoms with E-state index in [1.54, 1.807) is 0 Å². The van der Waals surface area contributed by atoms with Crippen LogP contribution in [0.5, 0.6) is 0 Å². The van der Waals surface area contributed by atoms with Crippen molar-refractivity contribution in [3.8, 4) is 0 Å². The van der Waals surface area contributed by atoms with Gasteiger partial charge < -0.3 is 9.53 Å². The summed E-state index contributed by atoms with van der Waals surface area (Å²) in [5, 5.41) is 11.9. The SMILES string of the molecule is CC(C)(C)[Si](OC[C@H]1C[C@H]1CCO)(c1ccccc1)c1ccccc1. The van der Waals surface area contributed by atoms with Crippen LogP contribution in [-0.2, 0) is 4.43 Å². The lowest BCUT2D eigenvalue weighted by molar-refractivity contribution is 0.252. The van der Waals surface area contributed by atoms with E-state index in [1.807, 2.05) is 0 Å². The van der Waals surface area contributed by atoms with Crippen molar-refractivity contribution in [2.75, 3.05) is 13.2 Å². The molecule has 0 bridgehead atoms. The van der Waals surface area contributed by atoms with Crippen LogP contribution in [0.25, 0.3) is 0 Å². The average molecular weight is 355 g/mol. The molecule has 0 saturated heterocycles. The van der Waals surface area contributed by atoms with E-state index in [0.29, 0.717) is 18.4 Å². The van der Waals surface area contributed by atoms with Gasteiger partial charge in [-0.05, 0) is 40.1 Å². The molecule has 0 radical (unpaired) electrons. The van der Waals surface area contributed by atoms with Crippen LogP contribution < -0.4 is 10.4 Å². The first-order chi connectivity index (χ1) is 12.0. The Hall–Kier alpha value is -1.42. The zero-order chi connectivity index (χ0) is 17.9. The minimum Gasteiger partial charge on any atom is -0.407 e. The molecule has 1 fully saturated rings. The van der Waals surface area contributed by atoms with Crippen LogP contribution in [0, 0.1) is 11.8 Å². The fourth-order valence-corrected chi connectivity index (χ4v) is 8.65. The molecule has 3 rings (SSSR count). The van der Waals surface area contributed by atoms with Crippen molar-refractivity contribution < 1.29 is 9.53 Å². The molecule has 0 aromatic heterocycles. The van der Waals surface area contributed by atoms with Crippen LogP contribution >= 0.6 is 0 Å². The average Bonchev–Trinajstić information content (AvgIpc) is 3.35. The Morgan fingerprint density at radius 1 is 0.920 bits per heavy atom. The quantitative estimate of drug-likeness (QED) is 0.770. The lowest BCUT2D eigenvalue weighted by atomic mass is 10.2. The Bertz CT molecular complexity index is 624. The number of hydrogen-bond donors (Lipinski definition) is 1. The van der Waals surface area contributed by atoms with Gasteiger partial charge in [-0.1, -0.05) is 81.4 Å². The summed E-state index contributed by atoms with van der Waals surface area (Å²) in [6, 6.07) is 21.6. The lowest BCUT2D eigenvalue weighted by Crippen LogP contribution is -2.66. The van der Waals surface area contributed by atoms with Crippen molar-refractivity contribution in [3.63, 3.8) is 0 Å². The van der Waals surface area contributed by atoms with Crippen LogP contribution in [0.4, 0.5) is 0 Å². The number of aliphatic hydroxyl groups excluding tert-OH is 1. The van der Waals surface area contributed by atoms with Crippen LogP contribution in [0.1, 0.15) is 33.6 Å². The topological polar surface area (TPSA) is 29.5 Å².